The molecule has 1 aliphatic rings. The van der Waals surface area contributed by atoms with Gasteiger partial charge in [0.15, 0.2) is 0 Å². The zero-order valence-corrected chi connectivity index (χ0v) is 13.6. The van der Waals surface area contributed by atoms with Gasteiger partial charge in [0.1, 0.15) is 11.2 Å². The van der Waals surface area contributed by atoms with Crippen LogP contribution in [0.1, 0.15) is 34.8 Å². The maximum Gasteiger partial charge on any atom is 0.257 e. The lowest BCUT2D eigenvalue weighted by Crippen LogP contribution is -2.41. The number of aliphatic hydroxyl groups is 1. The first-order valence-corrected chi connectivity index (χ1v) is 7.99. The molecule has 0 aromatic carbocycles. The molecule has 1 atom stereocenters. The maximum atomic E-state index is 12.8. The maximum absolute atomic E-state index is 12.8. The molecule has 4 rings (SSSR count). The number of carbonyl (C=O) groups excluding carboxylic acids is 1. The van der Waals surface area contributed by atoms with Gasteiger partial charge in [-0.05, 0) is 18.8 Å². The van der Waals surface area contributed by atoms with Gasteiger partial charge in [-0.25, -0.2) is 4.52 Å². The Labute approximate surface area is 138 Å². The number of nitrogens with zero attached hydrogens (tertiary/aromatic N) is 5. The molecule has 3 heterocycles. The number of nitrogens with one attached hydrogen (secondary N) is 1. The predicted octanol–water partition coefficient (Wildman–Crippen LogP) is 0.648. The molecule has 24 heavy (non-hydrogen) atoms. The average Bonchev–Trinajstić information content (AvgIpc) is 3.20. The predicted molar refractivity (Wildman–Crippen MR) is 86.3 cm³/mol. The molecule has 0 radical (unpaired) electrons. The van der Waals surface area contributed by atoms with Crippen molar-refractivity contribution in [2.45, 2.75) is 25.0 Å². The van der Waals surface area contributed by atoms with E-state index in [-0.39, 0.29) is 24.0 Å². The Hall–Kier alpha value is -2.61. The minimum absolute atomic E-state index is 0.162. The lowest BCUT2D eigenvalue weighted by atomic mass is 9.75. The smallest absolute Gasteiger partial charge is 0.257 e. The Kier molecular flexibility index (Phi) is 3.42. The van der Waals surface area contributed by atoms with Crippen LogP contribution in [-0.4, -0.2) is 41.1 Å². The first-order valence-electron chi connectivity index (χ1n) is 7.99. The van der Waals surface area contributed by atoms with Gasteiger partial charge in [0.05, 0.1) is 24.5 Å². The fourth-order valence-corrected chi connectivity index (χ4v) is 3.41. The lowest BCUT2D eigenvalue weighted by Gasteiger charge is -2.37. The highest BCUT2D eigenvalue weighted by Gasteiger charge is 2.36. The van der Waals surface area contributed by atoms with E-state index >= 15 is 0 Å². The van der Waals surface area contributed by atoms with Crippen molar-refractivity contribution in [2.24, 2.45) is 20.0 Å². The fourth-order valence-electron chi connectivity index (χ4n) is 3.41. The van der Waals surface area contributed by atoms with Crippen molar-refractivity contribution in [3.63, 3.8) is 0 Å². The van der Waals surface area contributed by atoms with E-state index < -0.39 is 0 Å². The van der Waals surface area contributed by atoms with Crippen molar-refractivity contribution in [1.29, 1.82) is 0 Å². The molecule has 0 bridgehead atoms. The van der Waals surface area contributed by atoms with Gasteiger partial charge in [-0.2, -0.15) is 10.2 Å². The average molecular weight is 328 g/mol. The second kappa shape index (κ2) is 5.48. The fraction of sp³-hybridized carbons (Fsp3) is 0.438. The Morgan fingerprint density at radius 2 is 2.08 bits per heavy atom. The van der Waals surface area contributed by atoms with Crippen LogP contribution >= 0.6 is 0 Å². The van der Waals surface area contributed by atoms with E-state index in [0.29, 0.717) is 18.4 Å². The van der Waals surface area contributed by atoms with Gasteiger partial charge in [-0.3, -0.25) is 9.48 Å². The first-order chi connectivity index (χ1) is 11.5. The third-order valence-electron chi connectivity index (χ3n) is 4.77. The summed E-state index contributed by atoms with van der Waals surface area (Å²) in [7, 11) is 3.73. The lowest BCUT2D eigenvalue weighted by molar-refractivity contribution is 0.0235. The van der Waals surface area contributed by atoms with Crippen molar-refractivity contribution in [3.8, 4) is 0 Å². The molecule has 1 saturated carbocycles. The summed E-state index contributed by atoms with van der Waals surface area (Å²) >= 11 is 0. The van der Waals surface area contributed by atoms with Crippen LogP contribution in [0.5, 0.6) is 0 Å². The normalized spacial score (nSPS) is 21.6. The van der Waals surface area contributed by atoms with Crippen molar-refractivity contribution >= 4 is 11.6 Å². The third kappa shape index (κ3) is 2.39. The number of hydrogen-bond acceptors (Lipinski definition) is 4. The molecule has 126 valence electrons. The monoisotopic (exact) mass is 328 g/mol. The highest BCUT2D eigenvalue weighted by atomic mass is 16.3. The zero-order chi connectivity index (χ0) is 16.8. The highest BCUT2D eigenvalue weighted by Crippen LogP contribution is 2.38. The molecule has 0 spiro atoms. The first kappa shape index (κ1) is 14.9. The number of amides is 1. The SMILES string of the molecule is Cn1cc([C@H](NC(=O)c2cnn3ccn(C)c23)C2CC(O)C2)cn1. The molecule has 1 amide bonds. The molecule has 8 nitrogen and oxygen atoms in total. The minimum atomic E-state index is -0.276. The molecule has 3 aromatic heterocycles. The Morgan fingerprint density at radius 1 is 1.29 bits per heavy atom. The molecular weight excluding hydrogens is 308 g/mol. The van der Waals surface area contributed by atoms with E-state index in [0.717, 1.165) is 11.2 Å². The molecule has 0 unspecified atom stereocenters. The van der Waals surface area contributed by atoms with E-state index in [4.69, 9.17) is 0 Å². The summed E-state index contributed by atoms with van der Waals surface area (Å²) in [4.78, 5) is 12.8. The number of hydrogen-bond donors (Lipinski definition) is 2. The molecule has 0 saturated heterocycles. The Bertz CT molecular complexity index is 886. The number of carbonyl (C=O) groups is 1. The molecule has 8 heteroatoms. The number of aliphatic hydroxyl groups excluding tert-OH is 1. The summed E-state index contributed by atoms with van der Waals surface area (Å²) in [5, 5.41) is 21.2. The van der Waals surface area contributed by atoms with Gasteiger partial charge in [-0.15, -0.1) is 0 Å². The second-order valence-electron chi connectivity index (χ2n) is 6.52. The van der Waals surface area contributed by atoms with Gasteiger partial charge in [0, 0.05) is 38.2 Å². The number of rotatable bonds is 4. The van der Waals surface area contributed by atoms with Crippen LogP contribution in [0.15, 0.2) is 31.0 Å². The number of aromatic nitrogens is 5. The van der Waals surface area contributed by atoms with Crippen LogP contribution in [-0.2, 0) is 14.1 Å². The standard InChI is InChI=1S/C16H20N6O2/c1-20-3-4-22-16(20)13(8-18-22)15(24)19-14(10-5-12(23)6-10)11-7-17-21(2)9-11/h3-4,7-10,12,14,23H,5-6H2,1-2H3,(H,19,24)/t10?,12?,14-/m1/s1. The van der Waals surface area contributed by atoms with E-state index in [9.17, 15) is 9.90 Å². The van der Waals surface area contributed by atoms with Gasteiger partial charge in [0.25, 0.3) is 5.91 Å². The van der Waals surface area contributed by atoms with Gasteiger partial charge < -0.3 is 15.0 Å². The minimum Gasteiger partial charge on any atom is -0.393 e. The molecule has 0 aliphatic heterocycles. The quantitative estimate of drug-likeness (QED) is 0.736. The molecule has 1 aliphatic carbocycles. The van der Waals surface area contributed by atoms with E-state index in [1.54, 1.807) is 21.6 Å². The summed E-state index contributed by atoms with van der Waals surface area (Å²) < 4.78 is 5.27. The van der Waals surface area contributed by atoms with Crippen molar-refractivity contribution in [3.05, 3.63) is 42.1 Å². The highest BCUT2D eigenvalue weighted by molar-refractivity contribution is 6.00. The van der Waals surface area contributed by atoms with Gasteiger partial charge in [0.2, 0.25) is 0 Å². The van der Waals surface area contributed by atoms with Crippen LogP contribution < -0.4 is 5.32 Å². The van der Waals surface area contributed by atoms with E-state index in [1.165, 1.54) is 0 Å². The summed E-state index contributed by atoms with van der Waals surface area (Å²) in [6.45, 7) is 0. The number of aryl methyl sites for hydroxylation is 2. The Balaban J connectivity index is 1.62. The Morgan fingerprint density at radius 3 is 2.75 bits per heavy atom. The topological polar surface area (TPSA) is 89.4 Å². The molecule has 1 fully saturated rings. The summed E-state index contributed by atoms with van der Waals surface area (Å²) in [6, 6.07) is -0.162. The number of fused-ring (bicyclic) bond motifs is 1. The van der Waals surface area contributed by atoms with Crippen molar-refractivity contribution in [1.82, 2.24) is 29.3 Å². The van der Waals surface area contributed by atoms with Crippen LogP contribution in [0.3, 0.4) is 0 Å². The van der Waals surface area contributed by atoms with E-state index in [2.05, 4.69) is 15.5 Å². The molecular formula is C16H20N6O2. The van der Waals surface area contributed by atoms with Crippen LogP contribution in [0.25, 0.3) is 5.65 Å². The van der Waals surface area contributed by atoms with Crippen molar-refractivity contribution < 1.29 is 9.90 Å². The zero-order valence-electron chi connectivity index (χ0n) is 13.6. The largest absolute Gasteiger partial charge is 0.393 e. The van der Waals surface area contributed by atoms with Crippen LogP contribution in [0.4, 0.5) is 0 Å². The summed E-state index contributed by atoms with van der Waals surface area (Å²) in [6.07, 6.45) is 10.0. The van der Waals surface area contributed by atoms with Crippen LogP contribution in [0.2, 0.25) is 0 Å². The van der Waals surface area contributed by atoms with Crippen molar-refractivity contribution in [2.75, 3.05) is 0 Å². The third-order valence-corrected chi connectivity index (χ3v) is 4.77. The second-order valence-corrected chi connectivity index (χ2v) is 6.52. The van der Waals surface area contributed by atoms with Crippen LogP contribution in [0, 0.1) is 5.92 Å². The van der Waals surface area contributed by atoms with E-state index in [1.807, 2.05) is 37.3 Å². The summed E-state index contributed by atoms with van der Waals surface area (Å²) in [5.41, 5.74) is 2.25. The molecule has 3 aromatic rings. The molecule has 2 N–H and O–H groups in total. The van der Waals surface area contributed by atoms with Gasteiger partial charge in [-0.1, -0.05) is 0 Å². The number of imidazole rings is 1. The van der Waals surface area contributed by atoms with Gasteiger partial charge >= 0.3 is 0 Å². The summed E-state index contributed by atoms with van der Waals surface area (Å²) in [5.74, 6) is 0.0506.